The van der Waals surface area contributed by atoms with Crippen LogP contribution < -0.4 is 5.32 Å². The summed E-state index contributed by atoms with van der Waals surface area (Å²) in [6, 6.07) is 2.10. The first-order chi connectivity index (χ1) is 9.88. The number of amides is 1. The Hall–Kier alpha value is -1.79. The quantitative estimate of drug-likeness (QED) is 0.869. The van der Waals surface area contributed by atoms with E-state index >= 15 is 0 Å². The van der Waals surface area contributed by atoms with E-state index in [1.807, 2.05) is 0 Å². The maximum atomic E-state index is 13.5. The maximum Gasteiger partial charge on any atom is 0.416 e. The van der Waals surface area contributed by atoms with Crippen LogP contribution in [0.1, 0.15) is 24.8 Å². The average molecular weight is 304 g/mol. The van der Waals surface area contributed by atoms with Crippen LogP contribution in [0.5, 0.6) is 0 Å². The zero-order valence-corrected chi connectivity index (χ0v) is 11.3. The van der Waals surface area contributed by atoms with E-state index in [9.17, 15) is 22.4 Å². The predicted molar refractivity (Wildman–Crippen MR) is 70.3 cm³/mol. The normalized spacial score (nSPS) is 15.9. The molecular weight excluding hydrogens is 288 g/mol. The molecule has 1 N–H and O–H groups in total. The fraction of sp³-hybridized carbons (Fsp3) is 0.500. The van der Waals surface area contributed by atoms with Gasteiger partial charge in [0.2, 0.25) is 5.91 Å². The molecule has 116 valence electrons. The summed E-state index contributed by atoms with van der Waals surface area (Å²) in [6.07, 6.45) is -1.63. The van der Waals surface area contributed by atoms with Crippen molar-refractivity contribution in [2.24, 2.45) is 0 Å². The summed E-state index contributed by atoms with van der Waals surface area (Å²) in [5.41, 5.74) is -1.26. The van der Waals surface area contributed by atoms with Crippen molar-refractivity contribution in [2.45, 2.75) is 25.4 Å². The minimum atomic E-state index is -4.54. The van der Waals surface area contributed by atoms with E-state index < -0.39 is 17.6 Å². The molecule has 21 heavy (non-hydrogen) atoms. The Balaban J connectivity index is 2.00. The Morgan fingerprint density at radius 1 is 1.19 bits per heavy atom. The second-order valence-corrected chi connectivity index (χ2v) is 4.99. The van der Waals surface area contributed by atoms with Gasteiger partial charge in [0.1, 0.15) is 5.82 Å². The molecule has 2 rings (SSSR count). The number of benzene rings is 1. The standard InChI is InChI=1S/C14H16F4N2O/c15-11-5-4-10(14(16,17)18)8-12(11)19-9-13(21)20-6-2-1-3-7-20/h4-5,8,19H,1-3,6-7,9H2. The van der Waals surface area contributed by atoms with Gasteiger partial charge in [-0.1, -0.05) is 0 Å². The first kappa shape index (κ1) is 15.6. The van der Waals surface area contributed by atoms with Crippen molar-refractivity contribution in [1.82, 2.24) is 4.90 Å². The summed E-state index contributed by atoms with van der Waals surface area (Å²) in [4.78, 5) is 13.5. The largest absolute Gasteiger partial charge is 0.416 e. The van der Waals surface area contributed by atoms with Gasteiger partial charge in [-0.05, 0) is 37.5 Å². The second-order valence-electron chi connectivity index (χ2n) is 4.99. The molecule has 0 atom stereocenters. The topological polar surface area (TPSA) is 32.3 Å². The highest BCUT2D eigenvalue weighted by Gasteiger charge is 2.31. The van der Waals surface area contributed by atoms with Crippen LogP contribution in [0.2, 0.25) is 0 Å². The summed E-state index contributed by atoms with van der Waals surface area (Å²) in [6.45, 7) is 1.08. The third-order valence-corrected chi connectivity index (χ3v) is 3.43. The maximum absolute atomic E-state index is 13.5. The minimum Gasteiger partial charge on any atom is -0.374 e. The fourth-order valence-corrected chi connectivity index (χ4v) is 2.26. The van der Waals surface area contributed by atoms with Crippen LogP contribution >= 0.6 is 0 Å². The number of alkyl halides is 3. The lowest BCUT2D eigenvalue weighted by atomic mass is 10.1. The highest BCUT2D eigenvalue weighted by atomic mass is 19.4. The van der Waals surface area contributed by atoms with Gasteiger partial charge in [-0.3, -0.25) is 4.79 Å². The third-order valence-electron chi connectivity index (χ3n) is 3.43. The van der Waals surface area contributed by atoms with Crippen LogP contribution in [0.15, 0.2) is 18.2 Å². The molecule has 1 aromatic carbocycles. The van der Waals surface area contributed by atoms with E-state index in [1.54, 1.807) is 4.90 Å². The molecule has 0 aliphatic carbocycles. The Morgan fingerprint density at radius 2 is 1.86 bits per heavy atom. The van der Waals surface area contributed by atoms with Crippen LogP contribution in [0.4, 0.5) is 23.2 Å². The molecule has 7 heteroatoms. The third kappa shape index (κ3) is 4.09. The number of piperidine rings is 1. The molecule has 0 aromatic heterocycles. The van der Waals surface area contributed by atoms with E-state index in [2.05, 4.69) is 5.32 Å². The lowest BCUT2D eigenvalue weighted by molar-refractivity contribution is -0.137. The van der Waals surface area contributed by atoms with E-state index in [4.69, 9.17) is 0 Å². The molecule has 1 aliphatic rings. The number of halogens is 4. The molecule has 3 nitrogen and oxygen atoms in total. The molecule has 1 fully saturated rings. The average Bonchev–Trinajstić information content (AvgIpc) is 2.45. The van der Waals surface area contributed by atoms with Crippen molar-refractivity contribution >= 4 is 11.6 Å². The second kappa shape index (κ2) is 6.32. The zero-order chi connectivity index (χ0) is 15.5. The number of nitrogens with one attached hydrogen (secondary N) is 1. The van der Waals surface area contributed by atoms with Gasteiger partial charge in [0, 0.05) is 13.1 Å². The first-order valence-electron chi connectivity index (χ1n) is 6.76. The Kier molecular flexibility index (Phi) is 4.69. The molecule has 1 amide bonds. The van der Waals surface area contributed by atoms with Gasteiger partial charge >= 0.3 is 6.18 Å². The smallest absolute Gasteiger partial charge is 0.374 e. The highest BCUT2D eigenvalue weighted by Crippen LogP contribution is 2.31. The van der Waals surface area contributed by atoms with Crippen molar-refractivity contribution in [3.05, 3.63) is 29.6 Å². The summed E-state index contributed by atoms with van der Waals surface area (Å²) in [5.74, 6) is -1.04. The predicted octanol–water partition coefficient (Wildman–Crippen LogP) is 3.27. The fourth-order valence-electron chi connectivity index (χ4n) is 2.26. The number of hydrogen-bond acceptors (Lipinski definition) is 2. The molecule has 1 aliphatic heterocycles. The molecule has 0 spiro atoms. The summed E-state index contributed by atoms with van der Waals surface area (Å²) >= 11 is 0. The number of likely N-dealkylation sites (tertiary alicyclic amines) is 1. The SMILES string of the molecule is O=C(CNc1cc(C(F)(F)F)ccc1F)N1CCCCC1. The van der Waals surface area contributed by atoms with Gasteiger partial charge in [-0.25, -0.2) is 4.39 Å². The summed E-state index contributed by atoms with van der Waals surface area (Å²) in [5, 5.41) is 2.46. The van der Waals surface area contributed by atoms with Gasteiger partial charge in [-0.15, -0.1) is 0 Å². The Bertz CT molecular complexity index is 510. The molecule has 0 bridgehead atoms. The van der Waals surface area contributed by atoms with Gasteiger partial charge in [-0.2, -0.15) is 13.2 Å². The van der Waals surface area contributed by atoms with Crippen LogP contribution in [0.25, 0.3) is 0 Å². The Morgan fingerprint density at radius 3 is 2.48 bits per heavy atom. The van der Waals surface area contributed by atoms with Crippen molar-refractivity contribution in [3.63, 3.8) is 0 Å². The van der Waals surface area contributed by atoms with Crippen molar-refractivity contribution in [1.29, 1.82) is 0 Å². The summed E-state index contributed by atoms with van der Waals surface area (Å²) < 4.78 is 51.2. The highest BCUT2D eigenvalue weighted by molar-refractivity contribution is 5.81. The first-order valence-corrected chi connectivity index (χ1v) is 6.76. The molecule has 1 aromatic rings. The molecule has 1 saturated heterocycles. The zero-order valence-electron chi connectivity index (χ0n) is 11.3. The van der Waals surface area contributed by atoms with E-state index in [0.717, 1.165) is 25.3 Å². The molecule has 0 radical (unpaired) electrons. The van der Waals surface area contributed by atoms with Crippen molar-refractivity contribution < 1.29 is 22.4 Å². The van der Waals surface area contributed by atoms with Gasteiger partial charge in [0.25, 0.3) is 0 Å². The number of carbonyl (C=O) groups excluding carboxylic acids is 1. The van der Waals surface area contributed by atoms with Crippen LogP contribution in [0, 0.1) is 5.82 Å². The van der Waals surface area contributed by atoms with Crippen molar-refractivity contribution in [2.75, 3.05) is 25.0 Å². The molecular formula is C14H16F4N2O. The lowest BCUT2D eigenvalue weighted by Gasteiger charge is -2.27. The molecule has 0 unspecified atom stereocenters. The number of rotatable bonds is 3. The minimum absolute atomic E-state index is 0.210. The number of anilines is 1. The molecule has 1 heterocycles. The van der Waals surface area contributed by atoms with Crippen molar-refractivity contribution in [3.8, 4) is 0 Å². The van der Waals surface area contributed by atoms with Gasteiger partial charge < -0.3 is 10.2 Å². The molecule has 0 saturated carbocycles. The van der Waals surface area contributed by atoms with E-state index in [1.165, 1.54) is 0 Å². The van der Waals surface area contributed by atoms with Crippen LogP contribution in [0.3, 0.4) is 0 Å². The number of hydrogen-bond donors (Lipinski definition) is 1. The van der Waals surface area contributed by atoms with E-state index in [0.29, 0.717) is 25.2 Å². The lowest BCUT2D eigenvalue weighted by Crippen LogP contribution is -2.39. The number of carbonyl (C=O) groups is 1. The van der Waals surface area contributed by atoms with Crippen LogP contribution in [-0.4, -0.2) is 30.4 Å². The van der Waals surface area contributed by atoms with Gasteiger partial charge in [0.05, 0.1) is 17.8 Å². The Labute approximate surface area is 119 Å². The van der Waals surface area contributed by atoms with Crippen LogP contribution in [-0.2, 0) is 11.0 Å². The summed E-state index contributed by atoms with van der Waals surface area (Å²) in [7, 11) is 0. The number of nitrogens with zero attached hydrogens (tertiary/aromatic N) is 1. The van der Waals surface area contributed by atoms with Gasteiger partial charge in [0.15, 0.2) is 0 Å². The van der Waals surface area contributed by atoms with E-state index in [-0.39, 0.29) is 18.1 Å². The monoisotopic (exact) mass is 304 g/mol.